The van der Waals surface area contributed by atoms with E-state index in [1.54, 1.807) is 30.1 Å². The molecule has 13 nitrogen and oxygen atoms in total. The fourth-order valence-electron chi connectivity index (χ4n) is 5.78. The van der Waals surface area contributed by atoms with Crippen LogP contribution in [0.3, 0.4) is 0 Å². The molecule has 0 saturated carbocycles. The van der Waals surface area contributed by atoms with Crippen LogP contribution in [0, 0.1) is 5.92 Å². The number of hydrogen-bond acceptors (Lipinski definition) is 7. The largest absolute Gasteiger partial charge is 0.354 e. The van der Waals surface area contributed by atoms with E-state index in [1.807, 2.05) is 11.9 Å². The summed E-state index contributed by atoms with van der Waals surface area (Å²) in [6.45, 7) is 5.10. The number of nitrogens with one attached hydrogen (secondary N) is 1. The quantitative estimate of drug-likeness (QED) is 0.487. The van der Waals surface area contributed by atoms with E-state index in [-0.39, 0.29) is 61.5 Å². The molecular formula is C29H39N9O4. The van der Waals surface area contributed by atoms with Gasteiger partial charge >= 0.3 is 0 Å². The first-order valence-electron chi connectivity index (χ1n) is 14.6. The van der Waals surface area contributed by atoms with E-state index in [1.165, 1.54) is 20.5 Å². The summed E-state index contributed by atoms with van der Waals surface area (Å²) < 4.78 is 3.22. The molecule has 1 unspecified atom stereocenters. The maximum Gasteiger partial charge on any atom is 0.274 e. The highest BCUT2D eigenvalue weighted by atomic mass is 16.2. The zero-order valence-electron chi connectivity index (χ0n) is 24.7. The Morgan fingerprint density at radius 2 is 1.98 bits per heavy atom. The van der Waals surface area contributed by atoms with Gasteiger partial charge in [0.25, 0.3) is 11.8 Å². The summed E-state index contributed by atoms with van der Waals surface area (Å²) in [5.74, 6) is -0.735. The van der Waals surface area contributed by atoms with Crippen LogP contribution < -0.4 is 5.32 Å². The van der Waals surface area contributed by atoms with Crippen molar-refractivity contribution in [1.29, 1.82) is 0 Å². The van der Waals surface area contributed by atoms with Gasteiger partial charge in [-0.3, -0.25) is 23.9 Å². The van der Waals surface area contributed by atoms with Gasteiger partial charge in [-0.2, -0.15) is 10.2 Å². The lowest BCUT2D eigenvalue weighted by Crippen LogP contribution is -2.50. The Balaban J connectivity index is 1.49. The second-order valence-corrected chi connectivity index (χ2v) is 11.6. The molecule has 5 rings (SSSR count). The Morgan fingerprint density at radius 1 is 1.17 bits per heavy atom. The van der Waals surface area contributed by atoms with Crippen molar-refractivity contribution in [2.45, 2.75) is 52.0 Å². The van der Waals surface area contributed by atoms with Crippen molar-refractivity contribution in [2.75, 3.05) is 39.8 Å². The van der Waals surface area contributed by atoms with Gasteiger partial charge in [0.1, 0.15) is 6.54 Å². The zero-order valence-corrected chi connectivity index (χ0v) is 24.7. The van der Waals surface area contributed by atoms with E-state index in [0.717, 1.165) is 24.1 Å². The Bertz CT molecular complexity index is 1490. The van der Waals surface area contributed by atoms with E-state index in [4.69, 9.17) is 0 Å². The van der Waals surface area contributed by atoms with Gasteiger partial charge in [-0.05, 0) is 50.2 Å². The first-order chi connectivity index (χ1) is 20.1. The smallest absolute Gasteiger partial charge is 0.274 e. The maximum absolute atomic E-state index is 14.1. The van der Waals surface area contributed by atoms with Crippen LogP contribution >= 0.6 is 0 Å². The summed E-state index contributed by atoms with van der Waals surface area (Å²) in [6, 6.07) is 3.37. The summed E-state index contributed by atoms with van der Waals surface area (Å²) >= 11 is 0. The number of aryl methyl sites for hydroxylation is 1. The van der Waals surface area contributed by atoms with Crippen molar-refractivity contribution in [3.05, 3.63) is 47.2 Å². The van der Waals surface area contributed by atoms with Crippen LogP contribution in [0.4, 0.5) is 0 Å². The Labute approximate surface area is 244 Å². The average molecular weight is 578 g/mol. The number of carbonyl (C=O) groups is 4. The van der Waals surface area contributed by atoms with Crippen LogP contribution in [-0.2, 0) is 29.5 Å². The van der Waals surface area contributed by atoms with Gasteiger partial charge in [0, 0.05) is 57.2 Å². The van der Waals surface area contributed by atoms with E-state index in [9.17, 15) is 19.2 Å². The monoisotopic (exact) mass is 577 g/mol. The third-order valence-corrected chi connectivity index (χ3v) is 8.10. The highest BCUT2D eigenvalue weighted by Crippen LogP contribution is 2.28. The summed E-state index contributed by atoms with van der Waals surface area (Å²) in [7, 11) is 3.42. The number of imidazole rings is 1. The van der Waals surface area contributed by atoms with Gasteiger partial charge in [-0.1, -0.05) is 13.8 Å². The predicted octanol–water partition coefficient (Wildman–Crippen LogP) is 0.929. The molecule has 0 saturated heterocycles. The van der Waals surface area contributed by atoms with Gasteiger partial charge < -0.3 is 20.0 Å². The molecular weight excluding hydrogens is 538 g/mol. The highest BCUT2D eigenvalue weighted by Gasteiger charge is 2.35. The number of nitrogens with zero attached hydrogens (tertiary/aromatic N) is 8. The van der Waals surface area contributed by atoms with Crippen molar-refractivity contribution in [2.24, 2.45) is 13.0 Å². The molecule has 3 aromatic rings. The highest BCUT2D eigenvalue weighted by molar-refractivity contribution is 5.97. The van der Waals surface area contributed by atoms with Crippen LogP contribution in [0.15, 0.2) is 24.5 Å². The molecule has 4 heterocycles. The first-order valence-corrected chi connectivity index (χ1v) is 14.6. The van der Waals surface area contributed by atoms with Crippen LogP contribution in [0.2, 0.25) is 0 Å². The molecule has 0 radical (unpaired) electrons. The minimum atomic E-state index is -0.350. The molecule has 0 fully saturated rings. The van der Waals surface area contributed by atoms with Crippen molar-refractivity contribution >= 4 is 29.3 Å². The van der Waals surface area contributed by atoms with Crippen molar-refractivity contribution in [3.63, 3.8) is 0 Å². The molecule has 2 bridgehead atoms. The fourth-order valence-corrected chi connectivity index (χ4v) is 5.78. The second kappa shape index (κ2) is 12.3. The molecule has 0 spiro atoms. The van der Waals surface area contributed by atoms with Crippen molar-refractivity contribution < 1.29 is 19.2 Å². The van der Waals surface area contributed by atoms with E-state index < -0.39 is 0 Å². The maximum atomic E-state index is 14.1. The van der Waals surface area contributed by atoms with Crippen LogP contribution in [0.1, 0.15) is 65.3 Å². The average Bonchev–Trinajstić information content (AvgIpc) is 3.54. The molecule has 2 aliphatic rings. The van der Waals surface area contributed by atoms with Gasteiger partial charge in [0.2, 0.25) is 11.8 Å². The number of amides is 4. The third-order valence-electron chi connectivity index (χ3n) is 8.10. The number of fused-ring (bicyclic) bond motifs is 2. The van der Waals surface area contributed by atoms with E-state index in [0.29, 0.717) is 43.1 Å². The summed E-state index contributed by atoms with van der Waals surface area (Å²) in [4.78, 5) is 63.0. The van der Waals surface area contributed by atoms with Gasteiger partial charge in [-0.25, -0.2) is 9.50 Å². The SMILES string of the molecule is CC(C)CCN1C(=O)CN(C(=O)c2cnc3cccnn23)CCCNC(=O)CN(C)C(=O)c2nn(C)c3c2CC1CC3. The van der Waals surface area contributed by atoms with Crippen LogP contribution in [-0.4, -0.2) is 109 Å². The lowest BCUT2D eigenvalue weighted by Gasteiger charge is -2.36. The number of rotatable bonds is 4. The number of hydrogen-bond donors (Lipinski definition) is 1. The van der Waals surface area contributed by atoms with Crippen molar-refractivity contribution in [3.8, 4) is 0 Å². The molecule has 1 atom stereocenters. The third kappa shape index (κ3) is 6.00. The first kappa shape index (κ1) is 29.2. The van der Waals surface area contributed by atoms with Gasteiger partial charge in [-0.15, -0.1) is 0 Å². The molecule has 13 heteroatoms. The lowest BCUT2D eigenvalue weighted by atomic mass is 9.89. The number of likely N-dealkylation sites (N-methyl/N-ethyl adjacent to an activating group) is 1. The molecule has 42 heavy (non-hydrogen) atoms. The lowest BCUT2D eigenvalue weighted by molar-refractivity contribution is -0.134. The second-order valence-electron chi connectivity index (χ2n) is 11.6. The Kier molecular flexibility index (Phi) is 8.55. The summed E-state index contributed by atoms with van der Waals surface area (Å²) in [5.41, 5.74) is 2.93. The normalized spacial score (nSPS) is 19.1. The Morgan fingerprint density at radius 3 is 2.76 bits per heavy atom. The molecule has 1 aliphatic carbocycles. The molecule has 1 aliphatic heterocycles. The van der Waals surface area contributed by atoms with E-state index in [2.05, 4.69) is 34.3 Å². The van der Waals surface area contributed by atoms with Crippen LogP contribution in [0.25, 0.3) is 5.65 Å². The fraction of sp³-hybridized carbons (Fsp3) is 0.552. The minimum absolute atomic E-state index is 0.108. The summed E-state index contributed by atoms with van der Waals surface area (Å²) in [6.07, 6.45) is 6.19. The standard InChI is InChI=1S/C29H39N9O4/c1-19(2)10-14-37-20-8-9-22-21(15-20)27(33-35(22)4)29(42)34(3)17-25(39)30-11-6-13-36(18-26(37)40)28(41)23-16-31-24-7-5-12-32-38(23)24/h5,7,12,16,19-20H,6,8-11,13-15,17-18H2,1-4H3,(H,30,39). The predicted molar refractivity (Wildman–Crippen MR) is 154 cm³/mol. The molecule has 1 N–H and O–H groups in total. The molecule has 0 aromatic carbocycles. The summed E-state index contributed by atoms with van der Waals surface area (Å²) in [5, 5.41) is 11.6. The zero-order chi connectivity index (χ0) is 30.0. The molecule has 3 aromatic heterocycles. The molecule has 4 amide bonds. The number of aromatic nitrogens is 5. The van der Waals surface area contributed by atoms with Gasteiger partial charge in [0.05, 0.1) is 12.7 Å². The van der Waals surface area contributed by atoms with Gasteiger partial charge in [0.15, 0.2) is 17.0 Å². The van der Waals surface area contributed by atoms with E-state index >= 15 is 0 Å². The van der Waals surface area contributed by atoms with Crippen LogP contribution in [0.5, 0.6) is 0 Å². The van der Waals surface area contributed by atoms with Crippen molar-refractivity contribution in [1.82, 2.24) is 44.4 Å². The number of carbonyl (C=O) groups excluding carboxylic acids is 4. The topological polar surface area (TPSA) is 138 Å². The Hall–Kier alpha value is -4.29. The minimum Gasteiger partial charge on any atom is -0.354 e. The molecule has 224 valence electrons.